The number of hydrogen-bond acceptors (Lipinski definition) is 2. The molecular formula is C11H15FN2. The Labute approximate surface area is 83.5 Å². The summed E-state index contributed by atoms with van der Waals surface area (Å²) in [6.07, 6.45) is 0.106. The van der Waals surface area contributed by atoms with Crippen molar-refractivity contribution >= 4 is 5.69 Å². The molecule has 0 spiro atoms. The monoisotopic (exact) mass is 194 g/mol. The maximum atomic E-state index is 13.1. The van der Waals surface area contributed by atoms with Crippen LogP contribution in [0.2, 0.25) is 0 Å². The van der Waals surface area contributed by atoms with Gasteiger partial charge < -0.3 is 10.6 Å². The lowest BCUT2D eigenvalue weighted by atomic mass is 10.2. The highest BCUT2D eigenvalue weighted by atomic mass is 19.1. The van der Waals surface area contributed by atoms with E-state index in [9.17, 15) is 4.39 Å². The Bertz CT molecular complexity index is 314. The summed E-state index contributed by atoms with van der Waals surface area (Å²) in [4.78, 5) is 2.08. The van der Waals surface area contributed by atoms with Crippen LogP contribution in [0.5, 0.6) is 0 Å². The minimum absolute atomic E-state index is 0.110. The van der Waals surface area contributed by atoms with Gasteiger partial charge in [0.1, 0.15) is 6.17 Å². The third kappa shape index (κ3) is 1.73. The van der Waals surface area contributed by atoms with Crippen LogP contribution < -0.4 is 10.6 Å². The van der Waals surface area contributed by atoms with Crippen LogP contribution in [0.4, 0.5) is 10.1 Å². The van der Waals surface area contributed by atoms with Gasteiger partial charge in [-0.3, -0.25) is 0 Å². The molecule has 0 saturated carbocycles. The highest BCUT2D eigenvalue weighted by Crippen LogP contribution is 2.27. The Balaban J connectivity index is 2.10. The molecule has 1 atom stereocenters. The fraction of sp³-hybridized carbons (Fsp3) is 0.455. The van der Waals surface area contributed by atoms with Crippen molar-refractivity contribution < 1.29 is 4.39 Å². The number of para-hydroxylation sites is 1. The molecule has 14 heavy (non-hydrogen) atoms. The summed E-state index contributed by atoms with van der Waals surface area (Å²) >= 11 is 0. The molecule has 1 unspecified atom stereocenters. The first kappa shape index (κ1) is 9.46. The number of benzene rings is 1. The zero-order valence-corrected chi connectivity index (χ0v) is 8.12. The van der Waals surface area contributed by atoms with Gasteiger partial charge in [0.15, 0.2) is 0 Å². The molecule has 2 rings (SSSR count). The highest BCUT2D eigenvalue weighted by molar-refractivity contribution is 5.57. The number of halogens is 1. The van der Waals surface area contributed by atoms with Crippen LogP contribution in [0.1, 0.15) is 5.56 Å². The molecule has 0 radical (unpaired) electrons. The lowest BCUT2D eigenvalue weighted by molar-refractivity contribution is 0.344. The van der Waals surface area contributed by atoms with Crippen LogP contribution in [0.3, 0.4) is 0 Å². The molecule has 1 aliphatic heterocycles. The average molecular weight is 194 g/mol. The van der Waals surface area contributed by atoms with E-state index in [1.807, 2.05) is 18.2 Å². The molecule has 3 heteroatoms. The topological polar surface area (TPSA) is 29.3 Å². The lowest BCUT2D eigenvalue weighted by Gasteiger charge is -2.20. The van der Waals surface area contributed by atoms with Gasteiger partial charge in [-0.2, -0.15) is 0 Å². The Morgan fingerprint density at radius 3 is 3.00 bits per heavy atom. The molecular weight excluding hydrogens is 179 g/mol. The maximum Gasteiger partial charge on any atom is 0.130 e. The molecule has 0 amide bonds. The Kier molecular flexibility index (Phi) is 2.68. The molecule has 0 bridgehead atoms. The molecule has 1 aromatic carbocycles. The summed E-state index contributed by atoms with van der Waals surface area (Å²) in [6, 6.07) is 8.17. The van der Waals surface area contributed by atoms with E-state index in [0.29, 0.717) is 6.54 Å². The number of fused-ring (bicyclic) bond motifs is 1. The van der Waals surface area contributed by atoms with E-state index in [-0.39, 0.29) is 6.54 Å². The van der Waals surface area contributed by atoms with Crippen LogP contribution >= 0.6 is 0 Å². The second-order valence-corrected chi connectivity index (χ2v) is 3.66. The second kappa shape index (κ2) is 3.96. The van der Waals surface area contributed by atoms with Gasteiger partial charge >= 0.3 is 0 Å². The van der Waals surface area contributed by atoms with Crippen molar-refractivity contribution in [2.45, 2.75) is 12.6 Å². The van der Waals surface area contributed by atoms with Crippen LogP contribution in [-0.4, -0.2) is 25.8 Å². The van der Waals surface area contributed by atoms with Crippen molar-refractivity contribution in [1.82, 2.24) is 0 Å². The van der Waals surface area contributed by atoms with Gasteiger partial charge in [-0.25, -0.2) is 4.39 Å². The predicted molar refractivity (Wildman–Crippen MR) is 56.3 cm³/mol. The third-order valence-electron chi connectivity index (χ3n) is 2.66. The number of nitrogens with two attached hydrogens (primary N) is 1. The third-order valence-corrected chi connectivity index (χ3v) is 2.66. The summed E-state index contributed by atoms with van der Waals surface area (Å²) in [5.74, 6) is 0. The van der Waals surface area contributed by atoms with Gasteiger partial charge in [-0.05, 0) is 18.1 Å². The van der Waals surface area contributed by atoms with Crippen LogP contribution in [0.25, 0.3) is 0 Å². The van der Waals surface area contributed by atoms with E-state index >= 15 is 0 Å². The molecule has 0 aliphatic carbocycles. The maximum absolute atomic E-state index is 13.1. The van der Waals surface area contributed by atoms with E-state index in [4.69, 9.17) is 5.73 Å². The highest BCUT2D eigenvalue weighted by Gasteiger charge is 2.20. The first-order chi connectivity index (χ1) is 6.81. The Hall–Kier alpha value is -1.09. The first-order valence-corrected chi connectivity index (χ1v) is 4.98. The molecule has 0 fully saturated rings. The molecule has 0 aromatic heterocycles. The predicted octanol–water partition coefficient (Wildman–Crippen LogP) is 1.35. The molecule has 76 valence electrons. The lowest BCUT2D eigenvalue weighted by Crippen LogP contribution is -2.32. The van der Waals surface area contributed by atoms with E-state index in [1.54, 1.807) is 0 Å². The molecule has 2 N–H and O–H groups in total. The zero-order valence-electron chi connectivity index (χ0n) is 8.12. The molecule has 1 aromatic rings. The summed E-state index contributed by atoms with van der Waals surface area (Å²) in [5.41, 5.74) is 7.75. The second-order valence-electron chi connectivity index (χ2n) is 3.66. The van der Waals surface area contributed by atoms with Gasteiger partial charge in [0.05, 0.1) is 6.54 Å². The molecule has 1 heterocycles. The van der Waals surface area contributed by atoms with Crippen molar-refractivity contribution in [3.8, 4) is 0 Å². The molecule has 0 saturated heterocycles. The number of rotatable bonds is 3. The van der Waals surface area contributed by atoms with Gasteiger partial charge in [0.2, 0.25) is 0 Å². The SMILES string of the molecule is NCC(F)CN1CCc2ccccc21. The number of hydrogen-bond donors (Lipinski definition) is 1. The van der Waals surface area contributed by atoms with E-state index in [1.165, 1.54) is 11.3 Å². The van der Waals surface area contributed by atoms with E-state index in [0.717, 1.165) is 13.0 Å². The standard InChI is InChI=1S/C11H15FN2/c12-10(7-13)8-14-6-5-9-3-1-2-4-11(9)14/h1-4,10H,5-8,13H2. The number of alkyl halides is 1. The van der Waals surface area contributed by atoms with E-state index < -0.39 is 6.17 Å². The summed E-state index contributed by atoms with van der Waals surface area (Å²) in [7, 11) is 0. The summed E-state index contributed by atoms with van der Waals surface area (Å²) in [6.45, 7) is 1.45. The molecule has 2 nitrogen and oxygen atoms in total. The fourth-order valence-electron chi connectivity index (χ4n) is 1.91. The number of nitrogens with zero attached hydrogens (tertiary/aromatic N) is 1. The minimum atomic E-state index is -0.916. The quantitative estimate of drug-likeness (QED) is 0.787. The van der Waals surface area contributed by atoms with Crippen LogP contribution in [-0.2, 0) is 6.42 Å². The number of anilines is 1. The summed E-state index contributed by atoms with van der Waals surface area (Å²) in [5, 5.41) is 0. The minimum Gasteiger partial charge on any atom is -0.368 e. The van der Waals surface area contributed by atoms with Gasteiger partial charge in [-0.15, -0.1) is 0 Å². The van der Waals surface area contributed by atoms with Crippen molar-refractivity contribution in [1.29, 1.82) is 0 Å². The zero-order chi connectivity index (χ0) is 9.97. The van der Waals surface area contributed by atoms with Crippen LogP contribution in [0.15, 0.2) is 24.3 Å². The normalized spacial score (nSPS) is 16.9. The van der Waals surface area contributed by atoms with Gasteiger partial charge in [-0.1, -0.05) is 18.2 Å². The van der Waals surface area contributed by atoms with Crippen molar-refractivity contribution in [3.63, 3.8) is 0 Å². The smallest absolute Gasteiger partial charge is 0.130 e. The van der Waals surface area contributed by atoms with E-state index in [2.05, 4.69) is 11.0 Å². The van der Waals surface area contributed by atoms with Gasteiger partial charge in [0, 0.05) is 18.8 Å². The fourth-order valence-corrected chi connectivity index (χ4v) is 1.91. The Morgan fingerprint density at radius 1 is 1.43 bits per heavy atom. The first-order valence-electron chi connectivity index (χ1n) is 4.98. The van der Waals surface area contributed by atoms with Crippen molar-refractivity contribution in [2.75, 3.05) is 24.5 Å². The summed E-state index contributed by atoms with van der Waals surface area (Å²) < 4.78 is 13.1. The Morgan fingerprint density at radius 2 is 2.21 bits per heavy atom. The van der Waals surface area contributed by atoms with Gasteiger partial charge in [0.25, 0.3) is 0 Å². The van der Waals surface area contributed by atoms with Crippen molar-refractivity contribution in [2.24, 2.45) is 5.73 Å². The largest absolute Gasteiger partial charge is 0.368 e. The van der Waals surface area contributed by atoms with Crippen molar-refractivity contribution in [3.05, 3.63) is 29.8 Å². The van der Waals surface area contributed by atoms with Crippen LogP contribution in [0, 0.1) is 0 Å². The average Bonchev–Trinajstić information content (AvgIpc) is 2.62. The molecule has 1 aliphatic rings.